The highest BCUT2D eigenvalue weighted by molar-refractivity contribution is 6.29. The molecule has 0 aliphatic heterocycles. The molecule has 16 rings (SSSR count). The standard InChI is InChI=1S/C70H44N6/c1-6-22-45(23-7-1)57-44-58(72-70(71-57)46-24-8-2-9-25-46)55-42-65-56(67-63(74(65)48-28-12-4-13-29-48)41-38-52-50-32-16-19-35-59(50)75(68(52)67)49-30-14-5-15-31-49)43-64(55)76-60-36-20-17-33-51(60)53-39-40-62-66(69(53)76)54-34-18-21-37-61(54)73(62)47-26-10-3-11-27-47/h1-44H. The summed E-state index contributed by atoms with van der Waals surface area (Å²) < 4.78 is 9.90. The third kappa shape index (κ3) is 6.22. The Bertz CT molecular complexity index is 4890. The highest BCUT2D eigenvalue weighted by atomic mass is 15.0. The lowest BCUT2D eigenvalue weighted by molar-refractivity contribution is 1.15. The molecule has 0 N–H and O–H groups in total. The van der Waals surface area contributed by atoms with Crippen molar-refractivity contribution in [2.24, 2.45) is 0 Å². The average Bonchev–Trinajstić information content (AvgIpc) is 4.23. The Morgan fingerprint density at radius 1 is 0.250 bits per heavy atom. The molecule has 6 heteroatoms. The van der Waals surface area contributed by atoms with Crippen molar-refractivity contribution >= 4 is 87.2 Å². The summed E-state index contributed by atoms with van der Waals surface area (Å²) in [6.45, 7) is 0. The number of benzene rings is 11. The Balaban J connectivity index is 1.14. The monoisotopic (exact) mass is 968 g/mol. The largest absolute Gasteiger partial charge is 0.309 e. The van der Waals surface area contributed by atoms with E-state index in [1.807, 2.05) is 6.07 Å². The maximum atomic E-state index is 5.64. The van der Waals surface area contributed by atoms with Gasteiger partial charge in [-0.15, -0.1) is 0 Å². The third-order valence-corrected chi connectivity index (χ3v) is 15.5. The number of aromatic nitrogens is 6. The van der Waals surface area contributed by atoms with Crippen LogP contribution in [0.2, 0.25) is 0 Å². The smallest absolute Gasteiger partial charge is 0.160 e. The fraction of sp³-hybridized carbons (Fsp3) is 0. The number of hydrogen-bond acceptors (Lipinski definition) is 2. The van der Waals surface area contributed by atoms with Gasteiger partial charge in [-0.25, -0.2) is 9.97 Å². The first-order valence-electron chi connectivity index (χ1n) is 25.9. The Morgan fingerprint density at radius 3 is 1.25 bits per heavy atom. The molecule has 5 aromatic heterocycles. The molecule has 0 saturated carbocycles. The van der Waals surface area contributed by atoms with Crippen LogP contribution < -0.4 is 0 Å². The summed E-state index contributed by atoms with van der Waals surface area (Å²) in [5.41, 5.74) is 18.0. The quantitative estimate of drug-likeness (QED) is 0.160. The predicted molar refractivity (Wildman–Crippen MR) is 316 cm³/mol. The van der Waals surface area contributed by atoms with E-state index < -0.39 is 0 Å². The summed E-state index contributed by atoms with van der Waals surface area (Å²) in [5.74, 6) is 0.663. The molecule has 16 aromatic rings. The van der Waals surface area contributed by atoms with Gasteiger partial charge in [0, 0.05) is 76.8 Å². The van der Waals surface area contributed by atoms with Crippen molar-refractivity contribution in [1.29, 1.82) is 0 Å². The van der Waals surface area contributed by atoms with Gasteiger partial charge in [0.25, 0.3) is 0 Å². The molecule has 0 amide bonds. The molecule has 0 radical (unpaired) electrons. The minimum atomic E-state index is 0.663. The van der Waals surface area contributed by atoms with E-state index in [0.717, 1.165) is 94.8 Å². The Morgan fingerprint density at radius 2 is 0.671 bits per heavy atom. The van der Waals surface area contributed by atoms with E-state index in [-0.39, 0.29) is 0 Å². The third-order valence-electron chi connectivity index (χ3n) is 15.5. The van der Waals surface area contributed by atoms with E-state index in [1.165, 1.54) is 43.2 Å². The van der Waals surface area contributed by atoms with Crippen LogP contribution in [0.3, 0.4) is 0 Å². The van der Waals surface area contributed by atoms with Crippen molar-refractivity contribution in [3.63, 3.8) is 0 Å². The Hall–Kier alpha value is -10.3. The lowest BCUT2D eigenvalue weighted by Gasteiger charge is -2.17. The van der Waals surface area contributed by atoms with Crippen LogP contribution in [-0.4, -0.2) is 28.2 Å². The molecule has 6 nitrogen and oxygen atoms in total. The number of para-hydroxylation sites is 6. The lowest BCUT2D eigenvalue weighted by Crippen LogP contribution is -2.02. The number of nitrogens with zero attached hydrogens (tertiary/aromatic N) is 6. The summed E-state index contributed by atoms with van der Waals surface area (Å²) >= 11 is 0. The van der Waals surface area contributed by atoms with Crippen molar-refractivity contribution < 1.29 is 0 Å². The van der Waals surface area contributed by atoms with Crippen LogP contribution in [0, 0.1) is 0 Å². The molecule has 76 heavy (non-hydrogen) atoms. The second kappa shape index (κ2) is 16.6. The first kappa shape index (κ1) is 42.2. The van der Waals surface area contributed by atoms with Gasteiger partial charge in [0.2, 0.25) is 0 Å². The fourth-order valence-electron chi connectivity index (χ4n) is 12.4. The van der Waals surface area contributed by atoms with Crippen molar-refractivity contribution in [2.45, 2.75) is 0 Å². The topological polar surface area (TPSA) is 45.5 Å². The molecule has 11 aromatic carbocycles. The lowest BCUT2D eigenvalue weighted by atomic mass is 10.0. The average molecular weight is 969 g/mol. The molecule has 0 atom stereocenters. The summed E-state index contributed by atoms with van der Waals surface area (Å²) in [4.78, 5) is 11.0. The zero-order chi connectivity index (χ0) is 49.8. The molecule has 0 unspecified atom stereocenters. The summed E-state index contributed by atoms with van der Waals surface area (Å²) in [5, 5.41) is 9.46. The van der Waals surface area contributed by atoms with Crippen LogP contribution in [0.1, 0.15) is 0 Å². The van der Waals surface area contributed by atoms with Crippen LogP contribution in [0.15, 0.2) is 267 Å². The van der Waals surface area contributed by atoms with Gasteiger partial charge in [0.05, 0.1) is 61.2 Å². The van der Waals surface area contributed by atoms with Gasteiger partial charge in [0.1, 0.15) is 0 Å². The second-order valence-electron chi connectivity index (χ2n) is 19.7. The minimum absolute atomic E-state index is 0.663. The molecule has 0 saturated heterocycles. The van der Waals surface area contributed by atoms with E-state index >= 15 is 0 Å². The number of fused-ring (bicyclic) bond motifs is 14. The molecular formula is C70H44N6. The van der Waals surface area contributed by atoms with Crippen LogP contribution >= 0.6 is 0 Å². The van der Waals surface area contributed by atoms with Gasteiger partial charge in [-0.1, -0.05) is 182 Å². The second-order valence-corrected chi connectivity index (χ2v) is 19.7. The van der Waals surface area contributed by atoms with E-state index in [2.05, 4.69) is 279 Å². The molecule has 0 aliphatic rings. The first-order chi connectivity index (χ1) is 37.7. The van der Waals surface area contributed by atoms with E-state index in [0.29, 0.717) is 5.82 Å². The zero-order valence-electron chi connectivity index (χ0n) is 41.1. The molecule has 354 valence electrons. The van der Waals surface area contributed by atoms with E-state index in [4.69, 9.17) is 9.97 Å². The maximum absolute atomic E-state index is 5.64. The van der Waals surface area contributed by atoms with Gasteiger partial charge in [0.15, 0.2) is 5.82 Å². The van der Waals surface area contributed by atoms with Crippen LogP contribution in [0.25, 0.3) is 144 Å². The zero-order valence-corrected chi connectivity index (χ0v) is 41.1. The van der Waals surface area contributed by atoms with Crippen molar-refractivity contribution in [2.75, 3.05) is 0 Å². The number of rotatable bonds is 7. The van der Waals surface area contributed by atoms with Crippen LogP contribution in [0.5, 0.6) is 0 Å². The normalized spacial score (nSPS) is 11.9. The number of hydrogen-bond donors (Lipinski definition) is 0. The van der Waals surface area contributed by atoms with Gasteiger partial charge in [-0.2, -0.15) is 0 Å². The van der Waals surface area contributed by atoms with Crippen molar-refractivity contribution in [3.8, 4) is 56.7 Å². The molecule has 0 spiro atoms. The summed E-state index contributed by atoms with van der Waals surface area (Å²) in [6, 6.07) is 96.3. The highest BCUT2D eigenvalue weighted by Crippen LogP contribution is 2.48. The minimum Gasteiger partial charge on any atom is -0.309 e. The Labute approximate surface area is 436 Å². The van der Waals surface area contributed by atoms with Gasteiger partial charge < -0.3 is 18.3 Å². The molecule has 0 bridgehead atoms. The van der Waals surface area contributed by atoms with Gasteiger partial charge >= 0.3 is 0 Å². The fourth-order valence-corrected chi connectivity index (χ4v) is 12.4. The van der Waals surface area contributed by atoms with Gasteiger partial charge in [-0.05, 0) is 84.9 Å². The van der Waals surface area contributed by atoms with Crippen molar-refractivity contribution in [3.05, 3.63) is 267 Å². The van der Waals surface area contributed by atoms with Crippen LogP contribution in [0.4, 0.5) is 0 Å². The van der Waals surface area contributed by atoms with E-state index in [1.54, 1.807) is 0 Å². The predicted octanol–water partition coefficient (Wildman–Crippen LogP) is 17.9. The maximum Gasteiger partial charge on any atom is 0.160 e. The summed E-state index contributed by atoms with van der Waals surface area (Å²) in [6.07, 6.45) is 0. The van der Waals surface area contributed by atoms with Gasteiger partial charge in [-0.3, -0.25) is 0 Å². The van der Waals surface area contributed by atoms with Crippen LogP contribution in [-0.2, 0) is 0 Å². The summed E-state index contributed by atoms with van der Waals surface area (Å²) in [7, 11) is 0. The first-order valence-corrected chi connectivity index (χ1v) is 25.9. The van der Waals surface area contributed by atoms with E-state index in [9.17, 15) is 0 Å². The highest BCUT2D eigenvalue weighted by Gasteiger charge is 2.27. The molecule has 0 fully saturated rings. The SMILES string of the molecule is c1ccc(-c2cc(-c3cc4c(cc3-n3c5ccccc5c5ccc6c(c7ccccc7n6-c6ccccc6)c53)c3c(ccc5c6ccccc6n(-c6ccccc6)c53)n4-c3ccccc3)nc(-c3ccccc3)n2)cc1. The van der Waals surface area contributed by atoms with Crippen molar-refractivity contribution in [1.82, 2.24) is 28.2 Å². The molecule has 5 heterocycles. The Kier molecular flexibility index (Phi) is 9.23. The molecular weight excluding hydrogens is 925 g/mol. The molecule has 0 aliphatic carbocycles.